The van der Waals surface area contributed by atoms with Crippen LogP contribution in [0.1, 0.15) is 0 Å². The van der Waals surface area contributed by atoms with E-state index in [2.05, 4.69) is 0 Å². The Labute approximate surface area is 140 Å². The minimum atomic E-state index is 0.275. The molecule has 0 bridgehead atoms. The number of hydrogen-bond donors (Lipinski definition) is 1. The molecule has 24 heavy (non-hydrogen) atoms. The average molecular weight is 312 g/mol. The molecule has 4 aromatic rings. The largest absolute Gasteiger partial charge is 0.507 e. The van der Waals surface area contributed by atoms with E-state index in [1.165, 1.54) is 0 Å². The van der Waals surface area contributed by atoms with E-state index in [-0.39, 0.29) is 5.75 Å². The third kappa shape index (κ3) is 2.59. The second-order valence-electron chi connectivity index (χ2n) is 5.60. The van der Waals surface area contributed by atoms with Crippen LogP contribution in [0.25, 0.3) is 21.9 Å². The Bertz CT molecular complexity index is 977. The molecule has 0 saturated carbocycles. The third-order valence-corrected chi connectivity index (χ3v) is 4.03. The van der Waals surface area contributed by atoms with Crippen molar-refractivity contribution in [1.29, 1.82) is 0 Å². The molecule has 0 aromatic heterocycles. The van der Waals surface area contributed by atoms with Crippen LogP contribution in [0.5, 0.6) is 17.2 Å². The Kier molecular flexibility index (Phi) is 3.64. The fourth-order valence-electron chi connectivity index (χ4n) is 2.86. The molecule has 0 fully saturated rings. The van der Waals surface area contributed by atoms with Crippen LogP contribution in [-0.2, 0) is 0 Å². The van der Waals surface area contributed by atoms with Gasteiger partial charge < -0.3 is 9.84 Å². The van der Waals surface area contributed by atoms with Gasteiger partial charge in [-0.1, -0.05) is 72.8 Å². The highest BCUT2D eigenvalue weighted by atomic mass is 16.5. The molecule has 0 aliphatic heterocycles. The number of phenols is 1. The molecule has 0 saturated heterocycles. The van der Waals surface area contributed by atoms with Gasteiger partial charge in [-0.2, -0.15) is 0 Å². The highest BCUT2D eigenvalue weighted by Crippen LogP contribution is 2.42. The molecule has 0 heterocycles. The number of ether oxygens (including phenoxy) is 1. The molecule has 1 N–H and O–H groups in total. The van der Waals surface area contributed by atoms with Crippen molar-refractivity contribution in [3.05, 3.63) is 91.0 Å². The first-order chi connectivity index (χ1) is 11.8. The summed E-state index contributed by atoms with van der Waals surface area (Å²) in [5.41, 5.74) is 1.72. The standard InChI is InChI=1S/C22H16O2/c23-22-19-14-8-7-13-18(19)21(24-17-11-5-2-6-12-17)15-20(22)16-9-3-1-4-10-16/h1-15,23H. The zero-order chi connectivity index (χ0) is 16.4. The SMILES string of the molecule is Oc1c(-c2ccccc2)cc(Oc2ccccc2)c2ccccc12. The van der Waals surface area contributed by atoms with E-state index in [4.69, 9.17) is 4.74 Å². The van der Waals surface area contributed by atoms with Crippen molar-refractivity contribution < 1.29 is 9.84 Å². The van der Waals surface area contributed by atoms with E-state index < -0.39 is 0 Å². The smallest absolute Gasteiger partial charge is 0.136 e. The fourth-order valence-corrected chi connectivity index (χ4v) is 2.86. The van der Waals surface area contributed by atoms with Crippen molar-refractivity contribution in [2.24, 2.45) is 0 Å². The van der Waals surface area contributed by atoms with Crippen LogP contribution in [0.4, 0.5) is 0 Å². The van der Waals surface area contributed by atoms with E-state index in [1.807, 2.05) is 91.0 Å². The van der Waals surface area contributed by atoms with Gasteiger partial charge in [0.1, 0.15) is 17.2 Å². The molecule has 4 rings (SSSR count). The first kappa shape index (κ1) is 14.3. The number of benzene rings is 4. The van der Waals surface area contributed by atoms with Crippen LogP contribution in [0.3, 0.4) is 0 Å². The highest BCUT2D eigenvalue weighted by Gasteiger charge is 2.14. The molecular weight excluding hydrogens is 296 g/mol. The number of fused-ring (bicyclic) bond motifs is 1. The van der Waals surface area contributed by atoms with Crippen molar-refractivity contribution in [3.8, 4) is 28.4 Å². The lowest BCUT2D eigenvalue weighted by Gasteiger charge is -2.14. The van der Waals surface area contributed by atoms with E-state index in [0.29, 0.717) is 0 Å². The zero-order valence-electron chi connectivity index (χ0n) is 13.0. The summed E-state index contributed by atoms with van der Waals surface area (Å²) in [6.45, 7) is 0. The van der Waals surface area contributed by atoms with E-state index in [9.17, 15) is 5.11 Å². The summed E-state index contributed by atoms with van der Waals surface area (Å²) in [5.74, 6) is 1.78. The summed E-state index contributed by atoms with van der Waals surface area (Å²) in [7, 11) is 0. The Morgan fingerprint density at radius 1 is 0.625 bits per heavy atom. The highest BCUT2D eigenvalue weighted by molar-refractivity contribution is 5.99. The summed E-state index contributed by atoms with van der Waals surface area (Å²) in [6, 6.07) is 29.2. The number of para-hydroxylation sites is 1. The first-order valence-electron chi connectivity index (χ1n) is 7.86. The fraction of sp³-hybridized carbons (Fsp3) is 0. The molecule has 0 radical (unpaired) electrons. The third-order valence-electron chi connectivity index (χ3n) is 4.03. The Morgan fingerprint density at radius 3 is 1.92 bits per heavy atom. The number of hydrogen-bond acceptors (Lipinski definition) is 2. The van der Waals surface area contributed by atoms with Gasteiger partial charge in [-0.05, 0) is 23.8 Å². The maximum atomic E-state index is 10.7. The van der Waals surface area contributed by atoms with Crippen LogP contribution < -0.4 is 4.74 Å². The normalized spacial score (nSPS) is 10.7. The molecular formula is C22H16O2. The van der Waals surface area contributed by atoms with E-state index >= 15 is 0 Å². The van der Waals surface area contributed by atoms with Crippen molar-refractivity contribution >= 4 is 10.8 Å². The van der Waals surface area contributed by atoms with Crippen molar-refractivity contribution in [2.45, 2.75) is 0 Å². The van der Waals surface area contributed by atoms with E-state index in [1.54, 1.807) is 0 Å². The number of rotatable bonds is 3. The number of phenolic OH excluding ortho intramolecular Hbond substituents is 1. The van der Waals surface area contributed by atoms with Gasteiger partial charge in [0.25, 0.3) is 0 Å². The minimum absolute atomic E-state index is 0.275. The Morgan fingerprint density at radius 2 is 1.21 bits per heavy atom. The molecule has 0 aliphatic rings. The van der Waals surface area contributed by atoms with Crippen LogP contribution in [-0.4, -0.2) is 5.11 Å². The lowest BCUT2D eigenvalue weighted by atomic mass is 9.99. The summed E-state index contributed by atoms with van der Waals surface area (Å²) < 4.78 is 6.10. The van der Waals surface area contributed by atoms with Crippen LogP contribution in [0, 0.1) is 0 Å². The Hall–Kier alpha value is -3.26. The summed E-state index contributed by atoms with van der Waals surface area (Å²) in [6.07, 6.45) is 0. The van der Waals surface area contributed by atoms with Crippen molar-refractivity contribution in [3.63, 3.8) is 0 Å². The summed E-state index contributed by atoms with van der Waals surface area (Å²) in [4.78, 5) is 0. The van der Waals surface area contributed by atoms with Crippen LogP contribution in [0.15, 0.2) is 91.0 Å². The predicted octanol–water partition coefficient (Wildman–Crippen LogP) is 6.00. The van der Waals surface area contributed by atoms with Crippen molar-refractivity contribution in [2.75, 3.05) is 0 Å². The van der Waals surface area contributed by atoms with Gasteiger partial charge in [-0.15, -0.1) is 0 Å². The maximum Gasteiger partial charge on any atom is 0.136 e. The zero-order valence-corrected chi connectivity index (χ0v) is 13.0. The average Bonchev–Trinajstić information content (AvgIpc) is 2.66. The van der Waals surface area contributed by atoms with E-state index in [0.717, 1.165) is 33.4 Å². The van der Waals surface area contributed by atoms with Crippen molar-refractivity contribution in [1.82, 2.24) is 0 Å². The molecule has 0 spiro atoms. The second-order valence-corrected chi connectivity index (χ2v) is 5.60. The minimum Gasteiger partial charge on any atom is -0.507 e. The van der Waals surface area contributed by atoms with Gasteiger partial charge in [0, 0.05) is 16.3 Å². The molecule has 2 heteroatoms. The van der Waals surface area contributed by atoms with Crippen LogP contribution in [0.2, 0.25) is 0 Å². The summed E-state index contributed by atoms with van der Waals surface area (Å²) >= 11 is 0. The first-order valence-corrected chi connectivity index (χ1v) is 7.86. The maximum absolute atomic E-state index is 10.7. The molecule has 4 aromatic carbocycles. The molecule has 0 amide bonds. The molecule has 0 unspecified atom stereocenters. The molecule has 116 valence electrons. The predicted molar refractivity (Wildman–Crippen MR) is 97.6 cm³/mol. The van der Waals surface area contributed by atoms with Crippen LogP contribution >= 0.6 is 0 Å². The molecule has 0 atom stereocenters. The number of aromatic hydroxyl groups is 1. The lowest BCUT2D eigenvalue weighted by Crippen LogP contribution is -1.89. The van der Waals surface area contributed by atoms with Gasteiger partial charge in [-0.25, -0.2) is 0 Å². The van der Waals surface area contributed by atoms with Gasteiger partial charge in [-0.3, -0.25) is 0 Å². The van der Waals surface area contributed by atoms with Gasteiger partial charge >= 0.3 is 0 Å². The molecule has 2 nitrogen and oxygen atoms in total. The van der Waals surface area contributed by atoms with Gasteiger partial charge in [0.15, 0.2) is 0 Å². The Balaban J connectivity index is 1.93. The topological polar surface area (TPSA) is 29.5 Å². The molecule has 0 aliphatic carbocycles. The monoisotopic (exact) mass is 312 g/mol. The lowest BCUT2D eigenvalue weighted by molar-refractivity contribution is 0.475. The van der Waals surface area contributed by atoms with Gasteiger partial charge in [0.05, 0.1) is 0 Å². The summed E-state index contributed by atoms with van der Waals surface area (Å²) in [5, 5.41) is 12.4. The quantitative estimate of drug-likeness (QED) is 0.502. The van der Waals surface area contributed by atoms with Gasteiger partial charge in [0.2, 0.25) is 0 Å². The second kappa shape index (κ2) is 6.09.